The number of aromatic nitrogens is 1. The van der Waals surface area contributed by atoms with Crippen molar-refractivity contribution >= 4 is 28.5 Å². The number of imide groups is 1. The van der Waals surface area contributed by atoms with Crippen LogP contribution in [-0.4, -0.2) is 33.8 Å². The molecule has 5 nitrogen and oxygen atoms in total. The van der Waals surface area contributed by atoms with E-state index >= 15 is 0 Å². The summed E-state index contributed by atoms with van der Waals surface area (Å²) in [7, 11) is 0. The summed E-state index contributed by atoms with van der Waals surface area (Å²) in [6.07, 6.45) is 4.43. The van der Waals surface area contributed by atoms with Gasteiger partial charge in [-0.05, 0) is 50.3 Å². The first-order valence-electron chi connectivity index (χ1n) is 9.09. The lowest BCUT2D eigenvalue weighted by molar-refractivity contribution is -0.141. The maximum Gasteiger partial charge on any atom is 0.229 e. The van der Waals surface area contributed by atoms with Crippen molar-refractivity contribution in [3.8, 4) is 0 Å². The van der Waals surface area contributed by atoms with Crippen LogP contribution in [0.25, 0.3) is 10.9 Å². The highest BCUT2D eigenvalue weighted by Gasteiger charge is 2.36. The number of nitrogens with one attached hydrogen (secondary N) is 1. The van der Waals surface area contributed by atoms with Crippen LogP contribution in [0.2, 0.25) is 0 Å². The molecule has 0 unspecified atom stereocenters. The summed E-state index contributed by atoms with van der Waals surface area (Å²) in [4.78, 5) is 30.1. The highest BCUT2D eigenvalue weighted by Crippen LogP contribution is 2.29. The average molecular weight is 337 g/mol. The lowest BCUT2D eigenvalue weighted by Crippen LogP contribution is -2.43. The summed E-state index contributed by atoms with van der Waals surface area (Å²) in [5, 5.41) is 4.73. The van der Waals surface area contributed by atoms with E-state index in [1.807, 2.05) is 18.2 Å². The number of amides is 2. The monoisotopic (exact) mass is 337 g/mol. The molecule has 2 aliphatic rings. The SMILES string of the molecule is Cc1cc2ccccc2nc1NC1CCC(N2C(=O)CCC2=O)CC1. The quantitative estimate of drug-likeness (QED) is 0.872. The zero-order valence-electron chi connectivity index (χ0n) is 14.5. The molecule has 2 aromatic rings. The van der Waals surface area contributed by atoms with Gasteiger partial charge in [-0.2, -0.15) is 0 Å². The first-order chi connectivity index (χ1) is 12.1. The first-order valence-corrected chi connectivity index (χ1v) is 9.09. The number of nitrogens with zero attached hydrogens (tertiary/aromatic N) is 2. The minimum atomic E-state index is 0.00782. The van der Waals surface area contributed by atoms with Crippen LogP contribution in [0.3, 0.4) is 0 Å². The fourth-order valence-electron chi connectivity index (χ4n) is 4.04. The molecule has 5 heteroatoms. The lowest BCUT2D eigenvalue weighted by Gasteiger charge is -2.34. The zero-order valence-corrected chi connectivity index (χ0v) is 14.5. The average Bonchev–Trinajstić information content (AvgIpc) is 2.95. The van der Waals surface area contributed by atoms with Gasteiger partial charge >= 0.3 is 0 Å². The van der Waals surface area contributed by atoms with Gasteiger partial charge < -0.3 is 5.32 Å². The van der Waals surface area contributed by atoms with Gasteiger partial charge in [-0.15, -0.1) is 0 Å². The standard InChI is InChI=1S/C20H23N3O2/c1-13-12-14-4-2-3-5-17(14)22-20(13)21-15-6-8-16(9-7-15)23-18(24)10-11-19(23)25/h2-5,12,15-16H,6-11H2,1H3,(H,21,22). The van der Waals surface area contributed by atoms with Crippen LogP contribution in [0.5, 0.6) is 0 Å². The van der Waals surface area contributed by atoms with Crippen LogP contribution in [0.15, 0.2) is 30.3 Å². The number of aryl methyl sites for hydroxylation is 1. The van der Waals surface area contributed by atoms with E-state index in [-0.39, 0.29) is 17.9 Å². The summed E-state index contributed by atoms with van der Waals surface area (Å²) in [6, 6.07) is 10.7. The molecule has 1 N–H and O–H groups in total. The number of carbonyl (C=O) groups excluding carboxylic acids is 2. The molecule has 2 fully saturated rings. The van der Waals surface area contributed by atoms with Gasteiger partial charge in [-0.3, -0.25) is 14.5 Å². The van der Waals surface area contributed by atoms with Crippen LogP contribution in [-0.2, 0) is 9.59 Å². The second kappa shape index (κ2) is 6.47. The fourth-order valence-corrected chi connectivity index (χ4v) is 4.04. The van der Waals surface area contributed by atoms with Crippen LogP contribution >= 0.6 is 0 Å². The summed E-state index contributed by atoms with van der Waals surface area (Å²) in [5.74, 6) is 0.956. The number of likely N-dealkylation sites (tertiary alicyclic amines) is 1. The third-order valence-electron chi connectivity index (χ3n) is 5.41. The van der Waals surface area contributed by atoms with Crippen LogP contribution < -0.4 is 5.32 Å². The number of rotatable bonds is 3. The maximum atomic E-state index is 11.9. The van der Waals surface area contributed by atoms with Crippen molar-refractivity contribution in [2.75, 3.05) is 5.32 Å². The molecule has 1 aromatic heterocycles. The molecule has 1 saturated heterocycles. The summed E-state index contributed by atoms with van der Waals surface area (Å²) in [6.45, 7) is 2.08. The Hall–Kier alpha value is -2.43. The highest BCUT2D eigenvalue weighted by atomic mass is 16.2. The summed E-state index contributed by atoms with van der Waals surface area (Å²) in [5.41, 5.74) is 2.14. The van der Waals surface area contributed by atoms with E-state index in [1.165, 1.54) is 4.90 Å². The molecular weight excluding hydrogens is 314 g/mol. The molecule has 0 bridgehead atoms. The summed E-state index contributed by atoms with van der Waals surface area (Å²) >= 11 is 0. The van der Waals surface area contributed by atoms with Gasteiger partial charge in [0, 0.05) is 30.3 Å². The van der Waals surface area contributed by atoms with Crippen molar-refractivity contribution in [2.24, 2.45) is 0 Å². The Labute approximate surface area is 147 Å². The van der Waals surface area contributed by atoms with Crippen LogP contribution in [0, 0.1) is 6.92 Å². The molecule has 1 aliphatic heterocycles. The second-order valence-corrected chi connectivity index (χ2v) is 7.15. The minimum Gasteiger partial charge on any atom is -0.367 e. The first kappa shape index (κ1) is 16.1. The molecule has 0 radical (unpaired) electrons. The smallest absolute Gasteiger partial charge is 0.229 e. The number of carbonyl (C=O) groups is 2. The Morgan fingerprint density at radius 1 is 1.04 bits per heavy atom. The predicted octanol–water partition coefficient (Wildman–Crippen LogP) is 3.42. The van der Waals surface area contributed by atoms with Gasteiger partial charge in [-0.25, -0.2) is 4.98 Å². The minimum absolute atomic E-state index is 0.00782. The number of para-hydroxylation sites is 1. The van der Waals surface area contributed by atoms with Gasteiger partial charge in [-0.1, -0.05) is 18.2 Å². The van der Waals surface area contributed by atoms with Crippen molar-refractivity contribution in [2.45, 2.75) is 57.5 Å². The Morgan fingerprint density at radius 2 is 1.72 bits per heavy atom. The predicted molar refractivity (Wildman–Crippen MR) is 97.2 cm³/mol. The molecule has 0 atom stereocenters. The number of benzene rings is 1. The molecule has 1 aliphatic carbocycles. The number of fused-ring (bicyclic) bond motifs is 1. The Morgan fingerprint density at radius 3 is 2.44 bits per heavy atom. The topological polar surface area (TPSA) is 62.3 Å². The second-order valence-electron chi connectivity index (χ2n) is 7.15. The third kappa shape index (κ3) is 3.11. The van der Waals surface area contributed by atoms with Gasteiger partial charge in [0.05, 0.1) is 5.52 Å². The lowest BCUT2D eigenvalue weighted by atomic mass is 9.90. The van der Waals surface area contributed by atoms with Crippen molar-refractivity contribution < 1.29 is 9.59 Å². The number of hydrogen-bond donors (Lipinski definition) is 1. The molecule has 25 heavy (non-hydrogen) atoms. The maximum absolute atomic E-state index is 11.9. The van der Waals surface area contributed by atoms with E-state index in [9.17, 15) is 9.59 Å². The van der Waals surface area contributed by atoms with Gasteiger partial charge in [0.25, 0.3) is 0 Å². The molecule has 0 spiro atoms. The molecule has 4 rings (SSSR count). The van der Waals surface area contributed by atoms with Gasteiger partial charge in [0.2, 0.25) is 11.8 Å². The van der Waals surface area contributed by atoms with Crippen LogP contribution in [0.1, 0.15) is 44.1 Å². The normalized spacial score (nSPS) is 24.1. The van der Waals surface area contributed by atoms with Crippen molar-refractivity contribution in [1.29, 1.82) is 0 Å². The fraction of sp³-hybridized carbons (Fsp3) is 0.450. The molecule has 1 aromatic carbocycles. The highest BCUT2D eigenvalue weighted by molar-refractivity contribution is 6.02. The van der Waals surface area contributed by atoms with Crippen molar-refractivity contribution in [3.05, 3.63) is 35.9 Å². The van der Waals surface area contributed by atoms with E-state index in [4.69, 9.17) is 4.98 Å². The summed E-state index contributed by atoms with van der Waals surface area (Å²) < 4.78 is 0. The van der Waals surface area contributed by atoms with Gasteiger partial charge in [0.1, 0.15) is 5.82 Å². The Bertz CT molecular complexity index is 809. The largest absolute Gasteiger partial charge is 0.367 e. The van der Waals surface area contributed by atoms with Gasteiger partial charge in [0.15, 0.2) is 0 Å². The third-order valence-corrected chi connectivity index (χ3v) is 5.41. The molecular formula is C20H23N3O2. The van der Waals surface area contributed by atoms with E-state index in [1.54, 1.807) is 0 Å². The van der Waals surface area contributed by atoms with E-state index in [0.717, 1.165) is 48.0 Å². The Kier molecular flexibility index (Phi) is 4.15. The number of pyridine rings is 1. The zero-order chi connectivity index (χ0) is 17.4. The van der Waals surface area contributed by atoms with E-state index < -0.39 is 0 Å². The van der Waals surface area contributed by atoms with Crippen LogP contribution in [0.4, 0.5) is 5.82 Å². The van der Waals surface area contributed by atoms with Crippen molar-refractivity contribution in [3.63, 3.8) is 0 Å². The molecule has 2 amide bonds. The molecule has 1 saturated carbocycles. The molecule has 130 valence electrons. The molecule has 2 heterocycles. The van der Waals surface area contributed by atoms with E-state index in [0.29, 0.717) is 18.9 Å². The van der Waals surface area contributed by atoms with Crippen molar-refractivity contribution in [1.82, 2.24) is 9.88 Å². The van der Waals surface area contributed by atoms with E-state index in [2.05, 4.69) is 24.4 Å². The number of anilines is 1. The number of hydrogen-bond acceptors (Lipinski definition) is 4. The Balaban J connectivity index is 1.43.